The van der Waals surface area contributed by atoms with Gasteiger partial charge in [-0.1, -0.05) is 12.1 Å². The Bertz CT molecular complexity index is 1130. The van der Waals surface area contributed by atoms with Crippen LogP contribution in [0, 0.1) is 0 Å². The van der Waals surface area contributed by atoms with Crippen LogP contribution < -0.4 is 15.0 Å². The van der Waals surface area contributed by atoms with E-state index in [2.05, 4.69) is 9.97 Å². The molecule has 1 aromatic heterocycles. The number of aromatic amines is 1. The predicted octanol–water partition coefficient (Wildman–Crippen LogP) is 3.28. The van der Waals surface area contributed by atoms with Crippen molar-refractivity contribution in [3.8, 4) is 11.5 Å². The fraction of sp³-hybridized carbons (Fsp3) is 0.250. The van der Waals surface area contributed by atoms with Crippen molar-refractivity contribution in [1.29, 1.82) is 0 Å². The highest BCUT2D eigenvalue weighted by molar-refractivity contribution is 5.77. The molecule has 158 valence electrons. The van der Waals surface area contributed by atoms with E-state index in [-0.39, 0.29) is 11.5 Å². The smallest absolute Gasteiger partial charge is 0.490 e. The van der Waals surface area contributed by atoms with E-state index in [1.54, 1.807) is 13.2 Å². The number of hydrogen-bond acceptors (Lipinski definition) is 5. The number of carbonyl (C=O) groups is 1. The van der Waals surface area contributed by atoms with Gasteiger partial charge in [0.05, 0.1) is 30.5 Å². The third-order valence-electron chi connectivity index (χ3n) is 4.43. The van der Waals surface area contributed by atoms with Crippen LogP contribution in [0.4, 0.5) is 13.2 Å². The maximum absolute atomic E-state index is 12.2. The van der Waals surface area contributed by atoms with E-state index in [0.717, 1.165) is 23.5 Å². The Kier molecular flexibility index (Phi) is 5.95. The lowest BCUT2D eigenvalue weighted by molar-refractivity contribution is -0.192. The maximum atomic E-state index is 12.2. The second-order valence-electron chi connectivity index (χ2n) is 6.46. The Hall–Kier alpha value is -3.56. The van der Waals surface area contributed by atoms with Crippen LogP contribution in [-0.2, 0) is 11.2 Å². The van der Waals surface area contributed by atoms with Gasteiger partial charge in [0.25, 0.3) is 5.56 Å². The van der Waals surface area contributed by atoms with Crippen molar-refractivity contribution in [3.63, 3.8) is 0 Å². The van der Waals surface area contributed by atoms with Crippen LogP contribution in [-0.4, -0.2) is 40.9 Å². The van der Waals surface area contributed by atoms with Crippen molar-refractivity contribution >= 4 is 16.9 Å². The number of H-pyrrole nitrogens is 1. The summed E-state index contributed by atoms with van der Waals surface area (Å²) in [5.41, 5.74) is 1.67. The molecule has 1 aliphatic heterocycles. The molecule has 0 fully saturated rings. The number of benzene rings is 2. The molecule has 4 rings (SSSR count). The van der Waals surface area contributed by atoms with Crippen LogP contribution in [0.25, 0.3) is 10.9 Å². The zero-order chi connectivity index (χ0) is 21.9. The van der Waals surface area contributed by atoms with Gasteiger partial charge >= 0.3 is 12.1 Å². The molecule has 2 N–H and O–H groups in total. The average molecular weight is 422 g/mol. The van der Waals surface area contributed by atoms with E-state index in [1.165, 1.54) is 0 Å². The molecule has 10 heteroatoms. The standard InChI is InChI=1S/C18H16N2O3.C2HF3O2/c1-22-13-6-7-16-11(9-13)8-12(10-23-16)17-19-15-5-3-2-4-14(15)18(21)20-17;3-2(4,5)1(6)7/h2-7,9,12H,8,10H2,1H3,(H,19,20,21);(H,6,7). The first-order chi connectivity index (χ1) is 14.2. The monoisotopic (exact) mass is 422 g/mol. The molecule has 0 saturated heterocycles. The van der Waals surface area contributed by atoms with Gasteiger partial charge in [0.1, 0.15) is 17.3 Å². The van der Waals surface area contributed by atoms with Crippen LogP contribution in [0.1, 0.15) is 17.3 Å². The summed E-state index contributed by atoms with van der Waals surface area (Å²) in [5, 5.41) is 7.73. The van der Waals surface area contributed by atoms with Gasteiger partial charge in [-0.15, -0.1) is 0 Å². The quantitative estimate of drug-likeness (QED) is 0.657. The number of para-hydroxylation sites is 1. The topological polar surface area (TPSA) is 102 Å². The summed E-state index contributed by atoms with van der Waals surface area (Å²) < 4.78 is 42.8. The number of nitrogens with zero attached hydrogens (tertiary/aromatic N) is 1. The highest BCUT2D eigenvalue weighted by atomic mass is 19.4. The van der Waals surface area contributed by atoms with Crippen LogP contribution >= 0.6 is 0 Å². The lowest BCUT2D eigenvalue weighted by atomic mass is 9.95. The summed E-state index contributed by atoms with van der Waals surface area (Å²) in [6.45, 7) is 0.501. The highest BCUT2D eigenvalue weighted by Crippen LogP contribution is 2.33. The van der Waals surface area contributed by atoms with Gasteiger partial charge in [-0.2, -0.15) is 13.2 Å². The van der Waals surface area contributed by atoms with E-state index in [9.17, 15) is 18.0 Å². The first-order valence-corrected chi connectivity index (χ1v) is 8.78. The number of fused-ring (bicyclic) bond motifs is 2. The number of alkyl halides is 3. The molecule has 2 aromatic carbocycles. The normalized spacial score (nSPS) is 15.4. The van der Waals surface area contributed by atoms with E-state index in [0.29, 0.717) is 23.3 Å². The molecule has 30 heavy (non-hydrogen) atoms. The van der Waals surface area contributed by atoms with Crippen molar-refractivity contribution in [1.82, 2.24) is 9.97 Å². The summed E-state index contributed by atoms with van der Waals surface area (Å²) in [6, 6.07) is 13.1. The zero-order valence-electron chi connectivity index (χ0n) is 15.7. The Morgan fingerprint density at radius 2 is 1.97 bits per heavy atom. The third kappa shape index (κ3) is 4.70. The predicted molar refractivity (Wildman–Crippen MR) is 101 cm³/mol. The first kappa shape index (κ1) is 21.2. The van der Waals surface area contributed by atoms with E-state index in [4.69, 9.17) is 19.4 Å². The Balaban J connectivity index is 0.000000318. The Morgan fingerprint density at radius 3 is 2.63 bits per heavy atom. The molecule has 3 aromatic rings. The van der Waals surface area contributed by atoms with Crippen molar-refractivity contribution in [2.24, 2.45) is 0 Å². The molecule has 0 radical (unpaired) electrons. The number of hydrogen-bond donors (Lipinski definition) is 2. The van der Waals surface area contributed by atoms with Crippen LogP contribution in [0.15, 0.2) is 47.3 Å². The minimum absolute atomic E-state index is 0.0203. The second-order valence-corrected chi connectivity index (χ2v) is 6.46. The Labute approximate surface area is 168 Å². The summed E-state index contributed by atoms with van der Waals surface area (Å²) in [6.07, 6.45) is -4.33. The Morgan fingerprint density at radius 1 is 1.27 bits per heavy atom. The highest BCUT2D eigenvalue weighted by Gasteiger charge is 2.38. The number of carboxylic acid groups (broad SMARTS) is 1. The molecule has 2 heterocycles. The first-order valence-electron chi connectivity index (χ1n) is 8.78. The van der Waals surface area contributed by atoms with Gasteiger partial charge in [0, 0.05) is 0 Å². The zero-order valence-corrected chi connectivity index (χ0v) is 15.7. The van der Waals surface area contributed by atoms with Crippen LogP contribution in [0.2, 0.25) is 0 Å². The molecule has 0 bridgehead atoms. The van der Waals surface area contributed by atoms with Crippen LogP contribution in [0.5, 0.6) is 11.5 Å². The van der Waals surface area contributed by atoms with Gasteiger partial charge < -0.3 is 19.6 Å². The average Bonchev–Trinajstić information content (AvgIpc) is 2.72. The minimum Gasteiger partial charge on any atom is -0.497 e. The summed E-state index contributed by atoms with van der Waals surface area (Å²) in [5.74, 6) is -0.403. The number of rotatable bonds is 2. The van der Waals surface area contributed by atoms with Crippen molar-refractivity contribution in [3.05, 3.63) is 64.2 Å². The SMILES string of the molecule is COc1ccc2c(c1)CC(c1nc3ccccc3c(=O)[nH]1)CO2.O=C(O)C(F)(F)F. The summed E-state index contributed by atoms with van der Waals surface area (Å²) >= 11 is 0. The largest absolute Gasteiger partial charge is 0.497 e. The number of methoxy groups -OCH3 is 1. The second kappa shape index (κ2) is 8.44. The molecular formula is C20H17F3N2O5. The van der Waals surface area contributed by atoms with Gasteiger partial charge in [-0.25, -0.2) is 9.78 Å². The number of nitrogens with one attached hydrogen (secondary N) is 1. The molecule has 0 saturated carbocycles. The molecule has 1 atom stereocenters. The van der Waals surface area contributed by atoms with E-state index < -0.39 is 12.1 Å². The fourth-order valence-electron chi connectivity index (χ4n) is 2.97. The fourth-order valence-corrected chi connectivity index (χ4v) is 2.97. The lowest BCUT2D eigenvalue weighted by Crippen LogP contribution is -2.24. The number of ether oxygens (including phenoxy) is 2. The molecular weight excluding hydrogens is 405 g/mol. The third-order valence-corrected chi connectivity index (χ3v) is 4.43. The lowest BCUT2D eigenvalue weighted by Gasteiger charge is -2.25. The number of aromatic nitrogens is 2. The molecule has 0 amide bonds. The molecule has 0 aliphatic carbocycles. The van der Waals surface area contributed by atoms with Crippen molar-refractivity contribution in [2.75, 3.05) is 13.7 Å². The summed E-state index contributed by atoms with van der Waals surface area (Å²) in [4.78, 5) is 28.6. The molecule has 0 spiro atoms. The van der Waals surface area contributed by atoms with Crippen LogP contribution in [0.3, 0.4) is 0 Å². The molecule has 1 unspecified atom stereocenters. The number of carboxylic acids is 1. The van der Waals surface area contributed by atoms with Crippen molar-refractivity contribution < 1.29 is 32.5 Å². The number of halogens is 3. The van der Waals surface area contributed by atoms with E-state index in [1.807, 2.05) is 36.4 Å². The summed E-state index contributed by atoms with van der Waals surface area (Å²) in [7, 11) is 1.64. The van der Waals surface area contributed by atoms with Gasteiger partial charge in [0.15, 0.2) is 0 Å². The number of aliphatic carboxylic acids is 1. The molecule has 7 nitrogen and oxygen atoms in total. The van der Waals surface area contributed by atoms with Gasteiger partial charge in [0.2, 0.25) is 0 Å². The van der Waals surface area contributed by atoms with Gasteiger partial charge in [-0.05, 0) is 42.3 Å². The minimum atomic E-state index is -5.08. The maximum Gasteiger partial charge on any atom is 0.490 e. The van der Waals surface area contributed by atoms with Gasteiger partial charge in [-0.3, -0.25) is 4.79 Å². The van der Waals surface area contributed by atoms with Crippen molar-refractivity contribution in [2.45, 2.75) is 18.5 Å². The molecule has 1 aliphatic rings. The van der Waals surface area contributed by atoms with E-state index >= 15 is 0 Å².